The Labute approximate surface area is 117 Å². The number of hydrogen-bond donors (Lipinski definition) is 2. The summed E-state index contributed by atoms with van der Waals surface area (Å²) < 4.78 is 1.04. The smallest absolute Gasteiger partial charge is 0.224 e. The fraction of sp³-hybridized carbons (Fsp3) is 0.500. The summed E-state index contributed by atoms with van der Waals surface area (Å²) in [5, 5.41) is 6.10. The quantitative estimate of drug-likeness (QED) is 0.877. The van der Waals surface area contributed by atoms with E-state index in [0.29, 0.717) is 6.54 Å². The standard InChI is InChI=1S/C14H21BrN2O/c1-10(9-16-4)13(18)17-14(2,3)11-5-7-12(15)8-6-11/h5-8,10,16H,9H2,1-4H3,(H,17,18). The maximum atomic E-state index is 12.0. The van der Waals surface area contributed by atoms with Crippen molar-refractivity contribution >= 4 is 21.8 Å². The van der Waals surface area contributed by atoms with Gasteiger partial charge in [0.25, 0.3) is 0 Å². The second-order valence-electron chi connectivity index (χ2n) is 5.08. The van der Waals surface area contributed by atoms with Crippen LogP contribution in [0, 0.1) is 5.92 Å². The number of halogens is 1. The van der Waals surface area contributed by atoms with Gasteiger partial charge < -0.3 is 10.6 Å². The van der Waals surface area contributed by atoms with Gasteiger partial charge in [0.1, 0.15) is 0 Å². The minimum Gasteiger partial charge on any atom is -0.347 e. The highest BCUT2D eigenvalue weighted by atomic mass is 79.9. The first-order chi connectivity index (χ1) is 8.36. The zero-order chi connectivity index (χ0) is 13.8. The summed E-state index contributed by atoms with van der Waals surface area (Å²) >= 11 is 3.41. The topological polar surface area (TPSA) is 41.1 Å². The average Bonchev–Trinajstić information content (AvgIpc) is 2.29. The summed E-state index contributed by atoms with van der Waals surface area (Å²) in [4.78, 5) is 12.0. The molecule has 0 bridgehead atoms. The molecule has 1 aromatic carbocycles. The molecular formula is C14H21BrN2O. The molecule has 1 rings (SSSR count). The minimum atomic E-state index is -0.361. The zero-order valence-electron chi connectivity index (χ0n) is 11.4. The molecule has 0 aliphatic carbocycles. The summed E-state index contributed by atoms with van der Waals surface area (Å²) in [6.07, 6.45) is 0. The summed E-state index contributed by atoms with van der Waals surface area (Å²) in [7, 11) is 1.85. The van der Waals surface area contributed by atoms with Crippen molar-refractivity contribution in [3.8, 4) is 0 Å². The summed E-state index contributed by atoms with van der Waals surface area (Å²) in [5.74, 6) is 0.0296. The highest BCUT2D eigenvalue weighted by Gasteiger charge is 2.24. The molecule has 0 saturated heterocycles. The fourth-order valence-corrected chi connectivity index (χ4v) is 2.03. The van der Waals surface area contributed by atoms with Crippen LogP contribution < -0.4 is 10.6 Å². The first-order valence-corrected chi connectivity index (χ1v) is 6.89. The van der Waals surface area contributed by atoms with E-state index in [0.717, 1.165) is 10.0 Å². The van der Waals surface area contributed by atoms with Crippen LogP contribution in [0.3, 0.4) is 0 Å². The van der Waals surface area contributed by atoms with Crippen LogP contribution in [0.4, 0.5) is 0 Å². The molecule has 0 spiro atoms. The van der Waals surface area contributed by atoms with Crippen LogP contribution in [0.15, 0.2) is 28.7 Å². The van der Waals surface area contributed by atoms with Gasteiger partial charge in [-0.2, -0.15) is 0 Å². The molecule has 0 saturated carbocycles. The zero-order valence-corrected chi connectivity index (χ0v) is 13.0. The van der Waals surface area contributed by atoms with E-state index >= 15 is 0 Å². The van der Waals surface area contributed by atoms with Gasteiger partial charge >= 0.3 is 0 Å². The Morgan fingerprint density at radius 2 is 1.89 bits per heavy atom. The third-order valence-electron chi connectivity index (χ3n) is 2.96. The molecule has 1 amide bonds. The lowest BCUT2D eigenvalue weighted by molar-refractivity contribution is -0.126. The third-order valence-corrected chi connectivity index (χ3v) is 3.49. The van der Waals surface area contributed by atoms with Gasteiger partial charge in [0, 0.05) is 16.9 Å². The SMILES string of the molecule is CNCC(C)C(=O)NC(C)(C)c1ccc(Br)cc1. The van der Waals surface area contributed by atoms with Gasteiger partial charge in [-0.15, -0.1) is 0 Å². The number of benzene rings is 1. The van der Waals surface area contributed by atoms with E-state index in [-0.39, 0.29) is 17.4 Å². The van der Waals surface area contributed by atoms with Gasteiger partial charge in [-0.25, -0.2) is 0 Å². The summed E-state index contributed by atoms with van der Waals surface area (Å²) in [6.45, 7) is 6.63. The Morgan fingerprint density at radius 1 is 1.33 bits per heavy atom. The molecule has 1 atom stereocenters. The van der Waals surface area contributed by atoms with Gasteiger partial charge in [0.05, 0.1) is 5.54 Å². The van der Waals surface area contributed by atoms with Crippen LogP contribution in [0.2, 0.25) is 0 Å². The molecule has 2 N–H and O–H groups in total. The fourth-order valence-electron chi connectivity index (χ4n) is 1.77. The van der Waals surface area contributed by atoms with Crippen molar-refractivity contribution in [2.45, 2.75) is 26.3 Å². The first kappa shape index (κ1) is 15.2. The largest absolute Gasteiger partial charge is 0.347 e. The summed E-state index contributed by atoms with van der Waals surface area (Å²) in [5.41, 5.74) is 0.732. The van der Waals surface area contributed by atoms with Crippen molar-refractivity contribution in [3.63, 3.8) is 0 Å². The van der Waals surface area contributed by atoms with E-state index in [4.69, 9.17) is 0 Å². The van der Waals surface area contributed by atoms with E-state index in [1.807, 2.05) is 52.1 Å². The van der Waals surface area contributed by atoms with Crippen molar-refractivity contribution in [1.82, 2.24) is 10.6 Å². The highest BCUT2D eigenvalue weighted by Crippen LogP contribution is 2.22. The maximum Gasteiger partial charge on any atom is 0.224 e. The molecule has 0 radical (unpaired) electrons. The molecule has 100 valence electrons. The van der Waals surface area contributed by atoms with Crippen LogP contribution in [-0.4, -0.2) is 19.5 Å². The normalized spacial score (nSPS) is 13.2. The van der Waals surface area contributed by atoms with Crippen LogP contribution in [-0.2, 0) is 10.3 Å². The number of amides is 1. The second-order valence-corrected chi connectivity index (χ2v) is 6.00. The average molecular weight is 313 g/mol. The number of hydrogen-bond acceptors (Lipinski definition) is 2. The molecule has 0 heterocycles. The van der Waals surface area contributed by atoms with Gasteiger partial charge in [0.15, 0.2) is 0 Å². The van der Waals surface area contributed by atoms with Crippen LogP contribution >= 0.6 is 15.9 Å². The predicted octanol–water partition coefficient (Wildman–Crippen LogP) is 2.66. The van der Waals surface area contributed by atoms with Gasteiger partial charge in [-0.1, -0.05) is 35.0 Å². The van der Waals surface area contributed by atoms with Gasteiger partial charge in [-0.3, -0.25) is 4.79 Å². The lowest BCUT2D eigenvalue weighted by Crippen LogP contribution is -2.45. The highest BCUT2D eigenvalue weighted by molar-refractivity contribution is 9.10. The van der Waals surface area contributed by atoms with E-state index in [1.54, 1.807) is 0 Å². The number of rotatable bonds is 5. The molecule has 1 unspecified atom stereocenters. The van der Waals surface area contributed by atoms with Crippen molar-refractivity contribution in [1.29, 1.82) is 0 Å². The molecule has 4 heteroatoms. The van der Waals surface area contributed by atoms with Crippen molar-refractivity contribution in [2.24, 2.45) is 5.92 Å². The molecule has 3 nitrogen and oxygen atoms in total. The Bertz CT molecular complexity index is 401. The number of carbonyl (C=O) groups excluding carboxylic acids is 1. The minimum absolute atomic E-state index is 0.0373. The lowest BCUT2D eigenvalue weighted by atomic mass is 9.93. The second kappa shape index (κ2) is 6.34. The van der Waals surface area contributed by atoms with E-state index in [1.165, 1.54) is 0 Å². The Kier molecular flexibility index (Phi) is 5.35. The Balaban J connectivity index is 2.75. The maximum absolute atomic E-state index is 12.0. The number of nitrogens with one attached hydrogen (secondary N) is 2. The van der Waals surface area contributed by atoms with Gasteiger partial charge in [0.2, 0.25) is 5.91 Å². The molecule has 1 aromatic rings. The lowest BCUT2D eigenvalue weighted by Gasteiger charge is -2.28. The van der Waals surface area contributed by atoms with E-state index in [9.17, 15) is 4.79 Å². The molecule has 18 heavy (non-hydrogen) atoms. The van der Waals surface area contributed by atoms with Crippen molar-refractivity contribution in [2.75, 3.05) is 13.6 Å². The Hall–Kier alpha value is -0.870. The third kappa shape index (κ3) is 4.10. The summed E-state index contributed by atoms with van der Waals surface area (Å²) in [6, 6.07) is 8.01. The predicted molar refractivity (Wildman–Crippen MR) is 78.4 cm³/mol. The van der Waals surface area contributed by atoms with Crippen LogP contribution in [0.1, 0.15) is 26.3 Å². The monoisotopic (exact) mass is 312 g/mol. The van der Waals surface area contributed by atoms with E-state index < -0.39 is 0 Å². The molecule has 0 aromatic heterocycles. The van der Waals surface area contributed by atoms with Gasteiger partial charge in [-0.05, 0) is 38.6 Å². The Morgan fingerprint density at radius 3 is 2.39 bits per heavy atom. The van der Waals surface area contributed by atoms with Crippen molar-refractivity contribution < 1.29 is 4.79 Å². The molecule has 0 aliphatic heterocycles. The number of carbonyl (C=O) groups is 1. The first-order valence-electron chi connectivity index (χ1n) is 6.09. The molecular weight excluding hydrogens is 292 g/mol. The van der Waals surface area contributed by atoms with E-state index in [2.05, 4.69) is 26.6 Å². The van der Waals surface area contributed by atoms with Crippen LogP contribution in [0.25, 0.3) is 0 Å². The van der Waals surface area contributed by atoms with Crippen LogP contribution in [0.5, 0.6) is 0 Å². The molecule has 0 fully saturated rings. The molecule has 0 aliphatic rings. The van der Waals surface area contributed by atoms with Crippen molar-refractivity contribution in [3.05, 3.63) is 34.3 Å².